The Balaban J connectivity index is 1.54. The second kappa shape index (κ2) is 10.3. The Morgan fingerprint density at radius 1 is 1.09 bits per heavy atom. The summed E-state index contributed by atoms with van der Waals surface area (Å²) in [7, 11) is 1.15. The maximum Gasteiger partial charge on any atom is 0.321 e. The topological polar surface area (TPSA) is 82.2 Å². The fraction of sp³-hybridized carbons (Fsp3) is 0.409. The molecule has 3 rings (SSSR count). The lowest BCUT2D eigenvalue weighted by Gasteiger charge is -2.29. The average molecular weight is 465 g/mol. The highest BCUT2D eigenvalue weighted by molar-refractivity contribution is 7.89. The second-order valence-corrected chi connectivity index (χ2v) is 9.95. The van der Waals surface area contributed by atoms with Gasteiger partial charge >= 0.3 is 6.03 Å². The molecule has 10 heteroatoms. The molecule has 0 radical (unpaired) electrons. The highest BCUT2D eigenvalue weighted by atomic mass is 32.2. The smallest absolute Gasteiger partial charge is 0.321 e. The van der Waals surface area contributed by atoms with E-state index in [2.05, 4.69) is 5.32 Å². The van der Waals surface area contributed by atoms with E-state index in [0.29, 0.717) is 50.6 Å². The van der Waals surface area contributed by atoms with Crippen LogP contribution in [-0.4, -0.2) is 77.6 Å². The zero-order chi connectivity index (χ0) is 23.3. The number of sulfonamides is 1. The number of nitrogens with one attached hydrogen (secondary N) is 1. The summed E-state index contributed by atoms with van der Waals surface area (Å²) in [5, 5.41) is 2.71. The predicted octanol–water partition coefficient (Wildman–Crippen LogP) is 2.62. The number of likely N-dealkylation sites (N-methyl/N-ethyl adjacent to an activating group) is 1. The maximum absolute atomic E-state index is 14.5. The molecule has 0 atom stereocenters. The highest BCUT2D eigenvalue weighted by Crippen LogP contribution is 2.24. The van der Waals surface area contributed by atoms with Crippen LogP contribution >= 0.6 is 0 Å². The molecule has 32 heavy (non-hydrogen) atoms. The van der Waals surface area contributed by atoms with Gasteiger partial charge in [0.15, 0.2) is 0 Å². The van der Waals surface area contributed by atoms with Crippen molar-refractivity contribution in [1.29, 1.82) is 0 Å². The molecule has 1 heterocycles. The molecular weight excluding hydrogens is 435 g/mol. The van der Waals surface area contributed by atoms with Crippen LogP contribution in [0.15, 0.2) is 47.4 Å². The number of benzene rings is 2. The Morgan fingerprint density at radius 2 is 1.75 bits per heavy atom. The van der Waals surface area contributed by atoms with Crippen molar-refractivity contribution >= 4 is 27.4 Å². The van der Waals surface area contributed by atoms with Crippen LogP contribution < -0.4 is 10.2 Å². The molecule has 0 aromatic heterocycles. The number of rotatable bonds is 7. The Morgan fingerprint density at radius 3 is 2.34 bits per heavy atom. The van der Waals surface area contributed by atoms with E-state index in [1.807, 2.05) is 4.90 Å². The summed E-state index contributed by atoms with van der Waals surface area (Å²) in [6.07, 6.45) is 0.552. The molecular formula is C22H29FN4O4S. The predicted molar refractivity (Wildman–Crippen MR) is 122 cm³/mol. The third-order valence-corrected chi connectivity index (χ3v) is 7.16. The van der Waals surface area contributed by atoms with Gasteiger partial charge in [-0.25, -0.2) is 21.9 Å². The van der Waals surface area contributed by atoms with E-state index in [0.717, 1.165) is 9.87 Å². The van der Waals surface area contributed by atoms with Gasteiger partial charge in [0.05, 0.1) is 23.8 Å². The number of anilines is 2. The molecule has 0 spiro atoms. The quantitative estimate of drug-likeness (QED) is 0.681. The number of carbonyl (C=O) groups is 1. The van der Waals surface area contributed by atoms with Gasteiger partial charge in [0, 0.05) is 46.5 Å². The molecule has 1 fully saturated rings. The average Bonchev–Trinajstić information content (AvgIpc) is 2.78. The van der Waals surface area contributed by atoms with Crippen molar-refractivity contribution in [3.63, 3.8) is 0 Å². The lowest BCUT2D eigenvalue weighted by atomic mass is 10.1. The van der Waals surface area contributed by atoms with E-state index >= 15 is 0 Å². The van der Waals surface area contributed by atoms with Gasteiger partial charge in [0.1, 0.15) is 5.82 Å². The summed E-state index contributed by atoms with van der Waals surface area (Å²) in [4.78, 5) is 16.1. The normalized spacial score (nSPS) is 14.5. The number of urea groups is 1. The molecule has 0 saturated carbocycles. The molecule has 2 aromatic carbocycles. The van der Waals surface area contributed by atoms with Crippen molar-refractivity contribution in [2.24, 2.45) is 0 Å². The van der Waals surface area contributed by atoms with Crippen molar-refractivity contribution in [3.8, 4) is 0 Å². The minimum Gasteiger partial charge on any atom is -0.378 e. The van der Waals surface area contributed by atoms with Gasteiger partial charge < -0.3 is 19.9 Å². The summed E-state index contributed by atoms with van der Waals surface area (Å²) < 4.78 is 45.3. The molecule has 1 aliphatic heterocycles. The van der Waals surface area contributed by atoms with Crippen LogP contribution in [0.2, 0.25) is 0 Å². The van der Waals surface area contributed by atoms with E-state index in [1.165, 1.54) is 25.1 Å². The Labute approximate surface area is 188 Å². The van der Waals surface area contributed by atoms with Crippen molar-refractivity contribution in [2.75, 3.05) is 64.2 Å². The first-order valence-electron chi connectivity index (χ1n) is 10.3. The van der Waals surface area contributed by atoms with Crippen LogP contribution in [0.25, 0.3) is 0 Å². The molecule has 0 aliphatic carbocycles. The van der Waals surface area contributed by atoms with Gasteiger partial charge in [-0.3, -0.25) is 0 Å². The number of hydrogen-bond donors (Lipinski definition) is 1. The van der Waals surface area contributed by atoms with Crippen molar-refractivity contribution in [3.05, 3.63) is 53.8 Å². The summed E-state index contributed by atoms with van der Waals surface area (Å²) in [5.74, 6) is -0.389. The molecule has 1 saturated heterocycles. The van der Waals surface area contributed by atoms with E-state index in [4.69, 9.17) is 4.74 Å². The van der Waals surface area contributed by atoms with Gasteiger partial charge in [-0.1, -0.05) is 12.1 Å². The number of ether oxygens (including phenoxy) is 1. The van der Waals surface area contributed by atoms with E-state index in [9.17, 15) is 17.6 Å². The molecule has 0 bridgehead atoms. The number of morpholine rings is 1. The zero-order valence-corrected chi connectivity index (χ0v) is 19.4. The second-order valence-electron chi connectivity index (χ2n) is 7.80. The number of amides is 2. The van der Waals surface area contributed by atoms with E-state index in [1.54, 1.807) is 43.4 Å². The van der Waals surface area contributed by atoms with E-state index in [-0.39, 0.29) is 16.7 Å². The zero-order valence-electron chi connectivity index (χ0n) is 18.5. The van der Waals surface area contributed by atoms with Gasteiger partial charge in [-0.05, 0) is 42.3 Å². The summed E-state index contributed by atoms with van der Waals surface area (Å²) in [6, 6.07) is 10.9. The summed E-state index contributed by atoms with van der Waals surface area (Å²) in [5.41, 5.74) is 1.79. The Hall–Kier alpha value is -2.69. The highest BCUT2D eigenvalue weighted by Gasteiger charge is 2.18. The van der Waals surface area contributed by atoms with Crippen LogP contribution in [0.5, 0.6) is 0 Å². The molecule has 1 aliphatic rings. The van der Waals surface area contributed by atoms with Gasteiger partial charge in [-0.2, -0.15) is 0 Å². The first-order valence-corrected chi connectivity index (χ1v) is 11.8. The van der Waals surface area contributed by atoms with Crippen LogP contribution in [-0.2, 0) is 21.2 Å². The first kappa shape index (κ1) is 24.0. The standard InChI is InChI=1S/C22H29FN4O4S/c1-25(2)32(29,30)19-7-4-17(5-8-19)10-11-26(3)22(28)24-18-6-9-21(20(23)16-18)27-12-14-31-15-13-27/h4-9,16H,10-15H2,1-3H3,(H,24,28). The molecule has 0 unspecified atom stereocenters. The fourth-order valence-corrected chi connectivity index (χ4v) is 4.20. The van der Waals surface area contributed by atoms with Crippen molar-refractivity contribution in [2.45, 2.75) is 11.3 Å². The maximum atomic E-state index is 14.5. The summed E-state index contributed by atoms with van der Waals surface area (Å²) >= 11 is 0. The lowest BCUT2D eigenvalue weighted by Crippen LogP contribution is -2.36. The third kappa shape index (κ3) is 5.76. The lowest BCUT2D eigenvalue weighted by molar-refractivity contribution is 0.122. The Bertz CT molecular complexity index is 1040. The first-order chi connectivity index (χ1) is 15.2. The largest absolute Gasteiger partial charge is 0.378 e. The number of halogens is 1. The third-order valence-electron chi connectivity index (χ3n) is 5.34. The van der Waals surface area contributed by atoms with E-state index < -0.39 is 10.0 Å². The SMILES string of the molecule is CN(CCc1ccc(S(=O)(=O)N(C)C)cc1)C(=O)Nc1ccc(N2CCOCC2)c(F)c1. The van der Waals surface area contributed by atoms with Crippen LogP contribution in [0.1, 0.15) is 5.56 Å². The molecule has 1 N–H and O–H groups in total. The molecule has 2 aromatic rings. The minimum atomic E-state index is -3.47. The number of nitrogens with zero attached hydrogens (tertiary/aromatic N) is 3. The van der Waals surface area contributed by atoms with Gasteiger partial charge in [0.2, 0.25) is 10.0 Å². The van der Waals surface area contributed by atoms with Crippen LogP contribution in [0.4, 0.5) is 20.6 Å². The van der Waals surface area contributed by atoms with Crippen LogP contribution in [0, 0.1) is 5.82 Å². The van der Waals surface area contributed by atoms with Crippen molar-refractivity contribution in [1.82, 2.24) is 9.21 Å². The molecule has 174 valence electrons. The number of hydrogen-bond acceptors (Lipinski definition) is 5. The monoisotopic (exact) mass is 464 g/mol. The van der Waals surface area contributed by atoms with Gasteiger partial charge in [0.25, 0.3) is 0 Å². The van der Waals surface area contributed by atoms with Gasteiger partial charge in [-0.15, -0.1) is 0 Å². The van der Waals surface area contributed by atoms with Crippen LogP contribution in [0.3, 0.4) is 0 Å². The fourth-order valence-electron chi connectivity index (χ4n) is 3.30. The minimum absolute atomic E-state index is 0.222. The summed E-state index contributed by atoms with van der Waals surface area (Å²) in [6.45, 7) is 2.81. The van der Waals surface area contributed by atoms with Crippen molar-refractivity contribution < 1.29 is 22.3 Å². The Kier molecular flexibility index (Phi) is 7.70. The number of carbonyl (C=O) groups excluding carboxylic acids is 1. The molecule has 2 amide bonds. The molecule has 8 nitrogen and oxygen atoms in total.